The number of rotatable bonds is 0. The minimum absolute atomic E-state index is 0.0977. The van der Waals surface area contributed by atoms with Crippen molar-refractivity contribution in [2.24, 2.45) is 4.99 Å². The first-order valence-corrected chi connectivity index (χ1v) is 7.06. The topological polar surface area (TPSA) is 49.7 Å². The largest absolute Gasteiger partial charge is 0.267 e. The van der Waals surface area contributed by atoms with E-state index in [1.165, 1.54) is 13.1 Å². The van der Waals surface area contributed by atoms with Gasteiger partial charge in [-0.3, -0.25) is 4.31 Å². The molecule has 1 aliphatic heterocycles. The molecule has 0 spiro atoms. The second-order valence-corrected chi connectivity index (χ2v) is 7.59. The van der Waals surface area contributed by atoms with E-state index in [4.69, 9.17) is 34.8 Å². The van der Waals surface area contributed by atoms with Crippen molar-refractivity contribution in [3.63, 3.8) is 0 Å². The van der Waals surface area contributed by atoms with Crippen LogP contribution in [0.5, 0.6) is 0 Å². The van der Waals surface area contributed by atoms with Crippen LogP contribution in [0, 0.1) is 0 Å². The Kier molecular flexibility index (Phi) is 3.06. The molecule has 0 aliphatic carbocycles. The third kappa shape index (κ3) is 2.12. The third-order valence-electron chi connectivity index (χ3n) is 2.28. The lowest BCUT2D eigenvalue weighted by Crippen LogP contribution is -2.42. The molecule has 0 unspecified atom stereocenters. The number of hydrogen-bond acceptors (Lipinski definition) is 3. The van der Waals surface area contributed by atoms with Gasteiger partial charge in [0.1, 0.15) is 4.90 Å². The summed E-state index contributed by atoms with van der Waals surface area (Å²) in [6, 6.07) is 6.29. The number of hydrogen-bond donors (Lipinski definition) is 0. The summed E-state index contributed by atoms with van der Waals surface area (Å²) >= 11 is 17.1. The molecule has 4 nitrogen and oxygen atoms in total. The van der Waals surface area contributed by atoms with Crippen LogP contribution in [-0.4, -0.2) is 29.4 Å². The average molecular weight is 314 g/mol. The number of benzene rings is 1. The Balaban J connectivity index is 2.74. The summed E-state index contributed by atoms with van der Waals surface area (Å²) in [6.07, 6.45) is 0. The molecule has 1 aromatic carbocycles. The van der Waals surface area contributed by atoms with Crippen molar-refractivity contribution >= 4 is 56.3 Å². The Labute approximate surface area is 114 Å². The van der Waals surface area contributed by atoms with Gasteiger partial charge in [-0.25, -0.2) is 13.4 Å². The number of sulfonamides is 1. The van der Waals surface area contributed by atoms with E-state index in [9.17, 15) is 8.42 Å². The highest BCUT2D eigenvalue weighted by molar-refractivity contribution is 7.90. The van der Waals surface area contributed by atoms with Gasteiger partial charge in [-0.15, -0.1) is 0 Å². The predicted octanol–water partition coefficient (Wildman–Crippen LogP) is 2.72. The summed E-state index contributed by atoms with van der Waals surface area (Å²) in [5.41, 5.74) is 0.270. The van der Waals surface area contributed by atoms with Gasteiger partial charge in [-0.1, -0.05) is 46.9 Å². The highest BCUT2D eigenvalue weighted by Crippen LogP contribution is 2.38. The number of para-hydroxylation sites is 1. The molecule has 92 valence electrons. The summed E-state index contributed by atoms with van der Waals surface area (Å²) < 4.78 is 23.2. The maximum atomic E-state index is 12.1. The van der Waals surface area contributed by atoms with Gasteiger partial charge < -0.3 is 0 Å². The minimum Gasteiger partial charge on any atom is -0.253 e. The van der Waals surface area contributed by atoms with Crippen molar-refractivity contribution in [3.8, 4) is 0 Å². The molecular formula is C9H7Cl3N2O2S. The fourth-order valence-electron chi connectivity index (χ4n) is 1.46. The highest BCUT2D eigenvalue weighted by Gasteiger charge is 2.40. The molecule has 1 aliphatic rings. The Morgan fingerprint density at radius 3 is 2.41 bits per heavy atom. The Hall–Kier alpha value is -0.490. The van der Waals surface area contributed by atoms with Crippen LogP contribution in [0.4, 0.5) is 5.69 Å². The van der Waals surface area contributed by atoms with Gasteiger partial charge in [0.25, 0.3) is 10.0 Å². The lowest BCUT2D eigenvalue weighted by molar-refractivity contribution is 0.548. The molecule has 0 N–H and O–H groups in total. The van der Waals surface area contributed by atoms with Crippen molar-refractivity contribution in [1.29, 1.82) is 0 Å². The molecule has 0 radical (unpaired) electrons. The molecule has 1 heterocycles. The number of aliphatic imine (C=N–C) groups is 1. The third-order valence-corrected chi connectivity index (χ3v) is 4.58. The maximum absolute atomic E-state index is 12.1. The molecule has 2 rings (SSSR count). The van der Waals surface area contributed by atoms with Crippen LogP contribution < -0.4 is 0 Å². The zero-order valence-electron chi connectivity index (χ0n) is 8.56. The maximum Gasteiger partial charge on any atom is 0.267 e. The van der Waals surface area contributed by atoms with Crippen LogP contribution in [0.25, 0.3) is 0 Å². The molecule has 8 heteroatoms. The van der Waals surface area contributed by atoms with E-state index in [2.05, 4.69) is 4.99 Å². The second-order valence-electron chi connectivity index (χ2n) is 3.37. The molecule has 0 saturated heterocycles. The van der Waals surface area contributed by atoms with E-state index in [0.717, 1.165) is 4.31 Å². The van der Waals surface area contributed by atoms with E-state index in [1.807, 2.05) is 0 Å². The van der Waals surface area contributed by atoms with Gasteiger partial charge in [0.15, 0.2) is 5.84 Å². The fraction of sp³-hybridized carbons (Fsp3) is 0.222. The smallest absolute Gasteiger partial charge is 0.253 e. The van der Waals surface area contributed by atoms with Crippen molar-refractivity contribution in [3.05, 3.63) is 24.3 Å². The summed E-state index contributed by atoms with van der Waals surface area (Å²) in [7, 11) is -2.41. The molecule has 0 saturated carbocycles. The molecule has 0 amide bonds. The van der Waals surface area contributed by atoms with E-state index < -0.39 is 13.8 Å². The van der Waals surface area contributed by atoms with E-state index in [-0.39, 0.29) is 16.4 Å². The van der Waals surface area contributed by atoms with Crippen LogP contribution >= 0.6 is 34.8 Å². The van der Waals surface area contributed by atoms with Gasteiger partial charge >= 0.3 is 0 Å². The Morgan fingerprint density at radius 2 is 1.82 bits per heavy atom. The first-order chi connectivity index (χ1) is 7.74. The zero-order valence-corrected chi connectivity index (χ0v) is 11.6. The number of fused-ring (bicyclic) bond motifs is 1. The van der Waals surface area contributed by atoms with Gasteiger partial charge in [-0.2, -0.15) is 0 Å². The van der Waals surface area contributed by atoms with E-state index in [1.54, 1.807) is 18.2 Å². The van der Waals surface area contributed by atoms with Gasteiger partial charge in [0, 0.05) is 7.05 Å². The average Bonchev–Trinajstić information content (AvgIpc) is 2.22. The van der Waals surface area contributed by atoms with E-state index in [0.29, 0.717) is 0 Å². The minimum atomic E-state index is -3.70. The SMILES string of the molecule is CN1C(C(Cl)(Cl)Cl)=Nc2ccccc2S1(=O)=O. The number of nitrogens with zero attached hydrogens (tertiary/aromatic N) is 2. The molecule has 0 atom stereocenters. The zero-order chi connectivity index (χ0) is 12.8. The van der Waals surface area contributed by atoms with Gasteiger partial charge in [0.2, 0.25) is 3.79 Å². The Bertz CT molecular complexity index is 593. The monoisotopic (exact) mass is 312 g/mol. The van der Waals surface area contributed by atoms with Gasteiger partial charge in [-0.05, 0) is 12.1 Å². The van der Waals surface area contributed by atoms with Crippen molar-refractivity contribution in [2.75, 3.05) is 7.05 Å². The van der Waals surface area contributed by atoms with Crippen LogP contribution in [0.1, 0.15) is 0 Å². The predicted molar refractivity (Wildman–Crippen MR) is 68.8 cm³/mol. The summed E-state index contributed by atoms with van der Waals surface area (Å²) in [4.78, 5) is 4.16. The first-order valence-electron chi connectivity index (χ1n) is 4.48. The number of alkyl halides is 3. The van der Waals surface area contributed by atoms with Crippen LogP contribution in [0.3, 0.4) is 0 Å². The van der Waals surface area contributed by atoms with Crippen LogP contribution in [0.15, 0.2) is 34.2 Å². The summed E-state index contributed by atoms with van der Waals surface area (Å²) in [6.45, 7) is 0. The summed E-state index contributed by atoms with van der Waals surface area (Å²) in [5, 5.41) is 0. The number of halogens is 3. The normalized spacial score (nSPS) is 18.6. The van der Waals surface area contributed by atoms with E-state index >= 15 is 0 Å². The van der Waals surface area contributed by atoms with Crippen molar-refractivity contribution < 1.29 is 8.42 Å². The first kappa shape index (κ1) is 13.0. The van der Waals surface area contributed by atoms with Crippen molar-refractivity contribution in [1.82, 2.24) is 4.31 Å². The van der Waals surface area contributed by atoms with Gasteiger partial charge in [0.05, 0.1) is 5.69 Å². The Morgan fingerprint density at radius 1 is 1.24 bits per heavy atom. The quantitative estimate of drug-likeness (QED) is 0.692. The molecule has 1 aromatic rings. The van der Waals surface area contributed by atoms with Crippen molar-refractivity contribution in [2.45, 2.75) is 8.69 Å². The lowest BCUT2D eigenvalue weighted by atomic mass is 10.3. The molecule has 0 bridgehead atoms. The van der Waals surface area contributed by atoms with Crippen LogP contribution in [0.2, 0.25) is 0 Å². The lowest BCUT2D eigenvalue weighted by Gasteiger charge is -2.29. The fourth-order valence-corrected chi connectivity index (χ4v) is 3.44. The molecule has 17 heavy (non-hydrogen) atoms. The molecule has 0 fully saturated rings. The second kappa shape index (κ2) is 4.02. The molecule has 0 aromatic heterocycles. The standard InChI is InChI=1S/C9H7Cl3N2O2S/c1-14-8(9(10,11)12)13-6-4-2-3-5-7(6)17(14,15)16/h2-5H,1H3. The number of amidine groups is 1. The summed E-state index contributed by atoms with van der Waals surface area (Å²) in [5.74, 6) is -0.138. The molecular weight excluding hydrogens is 307 g/mol. The highest BCUT2D eigenvalue weighted by atomic mass is 35.6. The van der Waals surface area contributed by atoms with Crippen LogP contribution in [-0.2, 0) is 10.0 Å².